The molecular weight excluding hydrogens is 268 g/mol. The summed E-state index contributed by atoms with van der Waals surface area (Å²) in [4.78, 5) is 21.6. The standard InChI is InChI=1S/C8H9BrN2O4/c1-10-2-3-11(5-10)8(9,7(14)15)4-6(12)13/h2-3,5H,4H2,1H3,(H-,12,13,14,15)/p+1. The van der Waals surface area contributed by atoms with Gasteiger partial charge in [0.05, 0.1) is 7.05 Å². The molecule has 0 fully saturated rings. The average Bonchev–Trinajstić information content (AvgIpc) is 2.50. The van der Waals surface area contributed by atoms with Crippen molar-refractivity contribution in [1.29, 1.82) is 0 Å². The Labute approximate surface area is 93.9 Å². The molecule has 1 atom stereocenters. The molecule has 82 valence electrons. The van der Waals surface area contributed by atoms with Crippen LogP contribution in [0.5, 0.6) is 0 Å². The third-order valence-corrected chi connectivity index (χ3v) is 2.92. The van der Waals surface area contributed by atoms with Gasteiger partial charge >= 0.3 is 11.9 Å². The minimum absolute atomic E-state index is 0.545. The maximum absolute atomic E-state index is 11.0. The number of hydrogen-bond acceptors (Lipinski definition) is 2. The van der Waals surface area contributed by atoms with E-state index in [2.05, 4.69) is 15.9 Å². The fourth-order valence-corrected chi connectivity index (χ4v) is 1.59. The van der Waals surface area contributed by atoms with Gasteiger partial charge in [0.1, 0.15) is 18.8 Å². The lowest BCUT2D eigenvalue weighted by Crippen LogP contribution is -2.38. The second-order valence-electron chi connectivity index (χ2n) is 3.12. The van der Waals surface area contributed by atoms with Gasteiger partial charge < -0.3 is 10.2 Å². The molecule has 7 heteroatoms. The second kappa shape index (κ2) is 4.01. The average molecular weight is 278 g/mol. The van der Waals surface area contributed by atoms with Crippen molar-refractivity contribution in [2.24, 2.45) is 7.05 Å². The van der Waals surface area contributed by atoms with Crippen LogP contribution in [0.3, 0.4) is 0 Å². The van der Waals surface area contributed by atoms with Crippen LogP contribution in [-0.2, 0) is 21.1 Å². The monoisotopic (exact) mass is 277 g/mol. The first-order valence-electron chi connectivity index (χ1n) is 4.04. The largest absolute Gasteiger partial charge is 0.481 e. The Kier molecular flexibility index (Phi) is 3.13. The lowest BCUT2D eigenvalue weighted by Gasteiger charge is -2.16. The molecule has 1 aromatic heterocycles. The number of rotatable bonds is 4. The Hall–Kier alpha value is -1.37. The summed E-state index contributed by atoms with van der Waals surface area (Å²) >= 11 is 2.94. The van der Waals surface area contributed by atoms with Gasteiger partial charge in [-0.15, -0.1) is 0 Å². The van der Waals surface area contributed by atoms with Gasteiger partial charge in [-0.1, -0.05) is 0 Å². The summed E-state index contributed by atoms with van der Waals surface area (Å²) in [5.41, 5.74) is 0. The zero-order valence-electron chi connectivity index (χ0n) is 7.92. The van der Waals surface area contributed by atoms with Crippen molar-refractivity contribution in [3.05, 3.63) is 18.7 Å². The molecule has 1 heterocycles. The first-order chi connectivity index (χ1) is 6.86. The molecule has 0 aliphatic carbocycles. The van der Waals surface area contributed by atoms with Gasteiger partial charge in [0.25, 0.3) is 4.45 Å². The highest BCUT2D eigenvalue weighted by Gasteiger charge is 2.44. The van der Waals surface area contributed by atoms with Crippen LogP contribution in [0.15, 0.2) is 18.7 Å². The topological polar surface area (TPSA) is 83.4 Å². The predicted octanol–water partition coefficient (Wildman–Crippen LogP) is -0.0804. The number of carbonyl (C=O) groups is 2. The summed E-state index contributed by atoms with van der Waals surface area (Å²) in [6, 6.07) is 0. The molecule has 0 radical (unpaired) electrons. The van der Waals surface area contributed by atoms with Crippen molar-refractivity contribution in [2.75, 3.05) is 0 Å². The Morgan fingerprint density at radius 1 is 1.53 bits per heavy atom. The fourth-order valence-electron chi connectivity index (χ4n) is 1.14. The number of nitrogens with zero attached hydrogens (tertiary/aromatic N) is 2. The molecule has 15 heavy (non-hydrogen) atoms. The van der Waals surface area contributed by atoms with Gasteiger partial charge in [-0.2, -0.15) is 0 Å². The molecule has 6 nitrogen and oxygen atoms in total. The predicted molar refractivity (Wildman–Crippen MR) is 52.4 cm³/mol. The highest BCUT2D eigenvalue weighted by molar-refractivity contribution is 9.10. The number of aromatic nitrogens is 2. The molecule has 0 saturated carbocycles. The second-order valence-corrected chi connectivity index (χ2v) is 4.43. The minimum Gasteiger partial charge on any atom is -0.481 e. The Balaban J connectivity index is 3.11. The van der Waals surface area contributed by atoms with Crippen LogP contribution in [0.1, 0.15) is 6.42 Å². The number of alkyl halides is 1. The SMILES string of the molecule is C[n+]1ccn(C(Br)(CC(=O)O)C(=O)O)c1. The quantitative estimate of drug-likeness (QED) is 0.596. The Bertz CT molecular complexity index is 403. The first kappa shape index (κ1) is 11.7. The number of hydrogen-bond donors (Lipinski definition) is 2. The zero-order chi connectivity index (χ0) is 11.6. The van der Waals surface area contributed by atoms with Crippen molar-refractivity contribution in [1.82, 2.24) is 4.57 Å². The van der Waals surface area contributed by atoms with Crippen molar-refractivity contribution < 1.29 is 24.4 Å². The number of aryl methyl sites for hydroxylation is 1. The molecule has 0 spiro atoms. The summed E-state index contributed by atoms with van der Waals surface area (Å²) in [6.45, 7) is 0. The number of carboxylic acids is 2. The summed E-state index contributed by atoms with van der Waals surface area (Å²) in [5.74, 6) is -2.44. The molecule has 0 bridgehead atoms. The van der Waals surface area contributed by atoms with E-state index in [0.29, 0.717) is 0 Å². The molecular formula is C8H10BrN2O4+. The van der Waals surface area contributed by atoms with Crippen LogP contribution in [0.25, 0.3) is 0 Å². The molecule has 1 unspecified atom stereocenters. The van der Waals surface area contributed by atoms with E-state index in [-0.39, 0.29) is 0 Å². The van der Waals surface area contributed by atoms with Gasteiger partial charge in [0.2, 0.25) is 6.33 Å². The van der Waals surface area contributed by atoms with Crippen LogP contribution < -0.4 is 4.57 Å². The molecule has 0 saturated heterocycles. The Morgan fingerprint density at radius 2 is 2.13 bits per heavy atom. The number of imidazole rings is 1. The van der Waals surface area contributed by atoms with Gasteiger partial charge in [-0.05, 0) is 15.9 Å². The highest BCUT2D eigenvalue weighted by atomic mass is 79.9. The van der Waals surface area contributed by atoms with Crippen LogP contribution in [-0.4, -0.2) is 26.7 Å². The normalized spacial score (nSPS) is 14.5. The van der Waals surface area contributed by atoms with Crippen LogP contribution in [0, 0.1) is 0 Å². The summed E-state index contributed by atoms with van der Waals surface area (Å²) < 4.78 is 1.28. The fraction of sp³-hybridized carbons (Fsp3) is 0.375. The minimum atomic E-state index is -1.64. The van der Waals surface area contributed by atoms with E-state index >= 15 is 0 Å². The number of carboxylic acid groups (broad SMARTS) is 2. The number of aliphatic carboxylic acids is 2. The zero-order valence-corrected chi connectivity index (χ0v) is 9.51. The van der Waals surface area contributed by atoms with E-state index in [0.717, 1.165) is 0 Å². The molecule has 0 aliphatic heterocycles. The molecule has 0 aliphatic rings. The van der Waals surface area contributed by atoms with E-state index in [1.165, 1.54) is 17.1 Å². The van der Waals surface area contributed by atoms with Crippen LogP contribution in [0.2, 0.25) is 0 Å². The van der Waals surface area contributed by atoms with Crippen molar-refractivity contribution in [3.8, 4) is 0 Å². The maximum Gasteiger partial charge on any atom is 0.364 e. The van der Waals surface area contributed by atoms with Gasteiger partial charge in [0, 0.05) is 0 Å². The van der Waals surface area contributed by atoms with E-state index in [4.69, 9.17) is 10.2 Å². The molecule has 0 aromatic carbocycles. The first-order valence-corrected chi connectivity index (χ1v) is 4.83. The lowest BCUT2D eigenvalue weighted by atomic mass is 10.2. The van der Waals surface area contributed by atoms with E-state index in [9.17, 15) is 9.59 Å². The lowest BCUT2D eigenvalue weighted by molar-refractivity contribution is -0.671. The molecule has 2 N–H and O–H groups in total. The van der Waals surface area contributed by atoms with Crippen molar-refractivity contribution in [3.63, 3.8) is 0 Å². The van der Waals surface area contributed by atoms with E-state index in [1.807, 2.05) is 0 Å². The van der Waals surface area contributed by atoms with Crippen molar-refractivity contribution in [2.45, 2.75) is 10.9 Å². The molecule has 0 amide bonds. The van der Waals surface area contributed by atoms with Gasteiger partial charge in [0.15, 0.2) is 0 Å². The van der Waals surface area contributed by atoms with Crippen molar-refractivity contribution >= 4 is 27.9 Å². The van der Waals surface area contributed by atoms with E-state index < -0.39 is 22.8 Å². The van der Waals surface area contributed by atoms with Crippen LogP contribution >= 0.6 is 15.9 Å². The van der Waals surface area contributed by atoms with Gasteiger partial charge in [-0.3, -0.25) is 4.79 Å². The summed E-state index contributed by atoms with van der Waals surface area (Å²) in [5, 5.41) is 17.7. The maximum atomic E-state index is 11.0. The van der Waals surface area contributed by atoms with Gasteiger partial charge in [-0.25, -0.2) is 13.9 Å². The molecule has 1 rings (SSSR count). The summed E-state index contributed by atoms with van der Waals surface area (Å²) in [6.07, 6.45) is 4.06. The summed E-state index contributed by atoms with van der Waals surface area (Å²) in [7, 11) is 1.71. The number of halogens is 1. The third kappa shape index (κ3) is 2.35. The Morgan fingerprint density at radius 3 is 2.47 bits per heavy atom. The van der Waals surface area contributed by atoms with Crippen LogP contribution in [0.4, 0.5) is 0 Å². The third-order valence-electron chi connectivity index (χ3n) is 1.89. The highest BCUT2D eigenvalue weighted by Crippen LogP contribution is 2.28. The smallest absolute Gasteiger partial charge is 0.364 e. The molecule has 1 aromatic rings. The van der Waals surface area contributed by atoms with E-state index in [1.54, 1.807) is 17.8 Å².